The topological polar surface area (TPSA) is 44.6 Å². The number of hydrogen-bond donors (Lipinski definition) is 2. The lowest BCUT2D eigenvalue weighted by Crippen LogP contribution is -2.38. The second-order valence-corrected chi connectivity index (χ2v) is 6.10. The van der Waals surface area contributed by atoms with E-state index in [1.54, 1.807) is 0 Å². The van der Waals surface area contributed by atoms with Crippen molar-refractivity contribution >= 4 is 29.9 Å². The summed E-state index contributed by atoms with van der Waals surface area (Å²) < 4.78 is 2.15. The number of hydrogen-bond acceptors (Lipinski definition) is 2. The summed E-state index contributed by atoms with van der Waals surface area (Å²) in [5, 5.41) is 6.67. The van der Waals surface area contributed by atoms with E-state index in [0.29, 0.717) is 6.54 Å². The van der Waals surface area contributed by atoms with E-state index < -0.39 is 0 Å². The van der Waals surface area contributed by atoms with Crippen LogP contribution in [0.25, 0.3) is 0 Å². The Morgan fingerprint density at radius 3 is 2.28 bits per heavy atom. The van der Waals surface area contributed by atoms with Crippen LogP contribution in [0.15, 0.2) is 53.8 Å². The molecule has 0 aliphatic heterocycles. The van der Waals surface area contributed by atoms with Crippen molar-refractivity contribution in [1.29, 1.82) is 0 Å². The average molecular weight is 455 g/mol. The summed E-state index contributed by atoms with van der Waals surface area (Å²) in [5.41, 5.74) is 2.55. The monoisotopic (exact) mass is 455 g/mol. The maximum atomic E-state index is 4.67. The second kappa shape index (κ2) is 11.9. The van der Waals surface area contributed by atoms with Gasteiger partial charge in [0.05, 0.1) is 6.54 Å². The maximum Gasteiger partial charge on any atom is 0.191 e. The molecule has 0 aliphatic rings. The largest absolute Gasteiger partial charge is 0.357 e. The Labute approximate surface area is 168 Å². The Balaban J connectivity index is 0.00000312. The van der Waals surface area contributed by atoms with E-state index in [-0.39, 0.29) is 24.0 Å². The van der Waals surface area contributed by atoms with E-state index in [1.165, 1.54) is 11.1 Å². The zero-order valence-corrected chi connectivity index (χ0v) is 17.7. The standard InChI is InChI=1S/C19H29N5.HI/c1-4-20-19(21-11-14-24-12-5-6-13-24)22-15-17-7-9-18(10-8-17)16-23(2)3;/h5-10,12-13H,4,11,14-16H2,1-3H3,(H2,20,21,22);1H. The van der Waals surface area contributed by atoms with Gasteiger partial charge in [-0.15, -0.1) is 24.0 Å². The van der Waals surface area contributed by atoms with Gasteiger partial charge < -0.3 is 20.1 Å². The summed E-state index contributed by atoms with van der Waals surface area (Å²) in [5.74, 6) is 0.863. The molecule has 0 saturated carbocycles. The van der Waals surface area contributed by atoms with Crippen LogP contribution < -0.4 is 10.6 Å². The molecule has 1 heterocycles. The van der Waals surface area contributed by atoms with E-state index >= 15 is 0 Å². The van der Waals surface area contributed by atoms with Crippen LogP contribution in [0.4, 0.5) is 0 Å². The molecule has 0 aliphatic carbocycles. The Hall–Kier alpha value is -1.54. The normalized spacial score (nSPS) is 11.3. The average Bonchev–Trinajstić information content (AvgIpc) is 3.07. The summed E-state index contributed by atoms with van der Waals surface area (Å²) in [6, 6.07) is 12.8. The molecule has 2 aromatic rings. The van der Waals surface area contributed by atoms with Crippen LogP contribution in [0.5, 0.6) is 0 Å². The molecule has 138 valence electrons. The number of rotatable bonds is 8. The van der Waals surface area contributed by atoms with Gasteiger partial charge in [-0.25, -0.2) is 4.99 Å². The first-order valence-electron chi connectivity index (χ1n) is 8.53. The lowest BCUT2D eigenvalue weighted by molar-refractivity contribution is 0.402. The van der Waals surface area contributed by atoms with Crippen LogP contribution >= 0.6 is 24.0 Å². The highest BCUT2D eigenvalue weighted by molar-refractivity contribution is 14.0. The van der Waals surface area contributed by atoms with Crippen molar-refractivity contribution in [2.24, 2.45) is 4.99 Å². The number of aliphatic imine (C=N–C) groups is 1. The van der Waals surface area contributed by atoms with Crippen molar-refractivity contribution in [3.63, 3.8) is 0 Å². The number of benzene rings is 1. The zero-order valence-electron chi connectivity index (χ0n) is 15.4. The van der Waals surface area contributed by atoms with Gasteiger partial charge >= 0.3 is 0 Å². The van der Waals surface area contributed by atoms with Gasteiger partial charge in [-0.2, -0.15) is 0 Å². The summed E-state index contributed by atoms with van der Waals surface area (Å²) in [6.45, 7) is 6.36. The molecule has 0 saturated heterocycles. The minimum absolute atomic E-state index is 0. The van der Waals surface area contributed by atoms with Crippen molar-refractivity contribution in [3.05, 3.63) is 59.9 Å². The Morgan fingerprint density at radius 1 is 1.04 bits per heavy atom. The van der Waals surface area contributed by atoms with Crippen LogP contribution in [-0.4, -0.2) is 42.6 Å². The summed E-state index contributed by atoms with van der Waals surface area (Å²) >= 11 is 0. The molecular formula is C19H30IN5. The lowest BCUT2D eigenvalue weighted by Gasteiger charge is -2.12. The Kier molecular flexibility index (Phi) is 10.3. The van der Waals surface area contributed by atoms with Crippen LogP contribution in [0, 0.1) is 0 Å². The van der Waals surface area contributed by atoms with Crippen molar-refractivity contribution in [3.8, 4) is 0 Å². The summed E-state index contributed by atoms with van der Waals surface area (Å²) in [7, 11) is 4.17. The molecule has 0 amide bonds. The predicted octanol–water partition coefficient (Wildman–Crippen LogP) is 2.92. The molecule has 2 N–H and O–H groups in total. The van der Waals surface area contributed by atoms with Crippen molar-refractivity contribution < 1.29 is 0 Å². The molecule has 1 aromatic heterocycles. The van der Waals surface area contributed by atoms with Gasteiger partial charge in [-0.3, -0.25) is 0 Å². The fraction of sp³-hybridized carbons (Fsp3) is 0.421. The number of nitrogens with zero attached hydrogens (tertiary/aromatic N) is 3. The molecular weight excluding hydrogens is 425 g/mol. The van der Waals surface area contributed by atoms with Gasteiger partial charge in [-0.1, -0.05) is 24.3 Å². The van der Waals surface area contributed by atoms with E-state index in [2.05, 4.69) is 82.8 Å². The molecule has 0 bridgehead atoms. The first-order valence-corrected chi connectivity index (χ1v) is 8.53. The molecule has 5 nitrogen and oxygen atoms in total. The fourth-order valence-electron chi connectivity index (χ4n) is 2.45. The smallest absolute Gasteiger partial charge is 0.191 e. The molecule has 6 heteroatoms. The van der Waals surface area contributed by atoms with E-state index in [9.17, 15) is 0 Å². The molecule has 1 aromatic carbocycles. The van der Waals surface area contributed by atoms with Crippen molar-refractivity contribution in [2.45, 2.75) is 26.6 Å². The Morgan fingerprint density at radius 2 is 1.68 bits per heavy atom. The summed E-state index contributed by atoms with van der Waals surface area (Å²) in [6.07, 6.45) is 4.14. The highest BCUT2D eigenvalue weighted by Gasteiger charge is 1.99. The first kappa shape index (κ1) is 21.5. The molecule has 0 fully saturated rings. The predicted molar refractivity (Wildman–Crippen MR) is 116 cm³/mol. The number of aromatic nitrogens is 1. The van der Waals surface area contributed by atoms with Crippen molar-refractivity contribution in [2.75, 3.05) is 27.2 Å². The third-order valence-corrected chi connectivity index (χ3v) is 3.61. The maximum absolute atomic E-state index is 4.67. The van der Waals surface area contributed by atoms with Gasteiger partial charge in [0.1, 0.15) is 0 Å². The van der Waals surface area contributed by atoms with E-state index in [4.69, 9.17) is 0 Å². The molecule has 25 heavy (non-hydrogen) atoms. The number of nitrogens with one attached hydrogen (secondary N) is 2. The fourth-order valence-corrected chi connectivity index (χ4v) is 2.45. The minimum Gasteiger partial charge on any atom is -0.357 e. The first-order chi connectivity index (χ1) is 11.7. The van der Waals surface area contributed by atoms with Gasteiger partial charge in [0.25, 0.3) is 0 Å². The summed E-state index contributed by atoms with van der Waals surface area (Å²) in [4.78, 5) is 6.84. The van der Waals surface area contributed by atoms with Crippen LogP contribution in [0.3, 0.4) is 0 Å². The minimum atomic E-state index is 0. The molecule has 0 unspecified atom stereocenters. The Bertz CT molecular complexity index is 605. The van der Waals surface area contributed by atoms with Gasteiger partial charge in [0.15, 0.2) is 5.96 Å². The zero-order chi connectivity index (χ0) is 17.2. The third kappa shape index (κ3) is 8.40. The third-order valence-electron chi connectivity index (χ3n) is 3.61. The lowest BCUT2D eigenvalue weighted by atomic mass is 10.1. The van der Waals surface area contributed by atoms with Crippen LogP contribution in [-0.2, 0) is 19.6 Å². The van der Waals surface area contributed by atoms with Crippen LogP contribution in [0.1, 0.15) is 18.1 Å². The van der Waals surface area contributed by atoms with E-state index in [0.717, 1.165) is 32.1 Å². The molecule has 0 atom stereocenters. The quantitative estimate of drug-likeness (QED) is 0.366. The highest BCUT2D eigenvalue weighted by atomic mass is 127. The highest BCUT2D eigenvalue weighted by Crippen LogP contribution is 2.07. The molecule has 0 spiro atoms. The second-order valence-electron chi connectivity index (χ2n) is 6.10. The number of halogens is 1. The molecule has 2 rings (SSSR count). The number of guanidine groups is 1. The molecule has 0 radical (unpaired) electrons. The van der Waals surface area contributed by atoms with E-state index in [1.807, 2.05) is 12.1 Å². The van der Waals surface area contributed by atoms with Crippen LogP contribution in [0.2, 0.25) is 0 Å². The SMILES string of the molecule is CCNC(=NCc1ccc(CN(C)C)cc1)NCCn1cccc1.I. The van der Waals surface area contributed by atoms with Gasteiger partial charge in [0.2, 0.25) is 0 Å². The van der Waals surface area contributed by atoms with Gasteiger partial charge in [0, 0.05) is 38.6 Å². The van der Waals surface area contributed by atoms with Gasteiger partial charge in [-0.05, 0) is 44.3 Å². The van der Waals surface area contributed by atoms with Crippen molar-refractivity contribution in [1.82, 2.24) is 20.1 Å².